The first-order valence-electron chi connectivity index (χ1n) is 9.28. The molecule has 0 spiro atoms. The Labute approximate surface area is 165 Å². The van der Waals surface area contributed by atoms with Crippen molar-refractivity contribution in [2.24, 2.45) is 0 Å². The van der Waals surface area contributed by atoms with E-state index < -0.39 is 6.29 Å². The van der Waals surface area contributed by atoms with Gasteiger partial charge in [-0.05, 0) is 24.3 Å². The molecular weight excluding hydrogens is 371 g/mol. The second-order valence-corrected chi connectivity index (χ2v) is 6.91. The monoisotopic (exact) mass is 388 g/mol. The van der Waals surface area contributed by atoms with E-state index in [2.05, 4.69) is 5.10 Å². The molecule has 0 bridgehead atoms. The van der Waals surface area contributed by atoms with Crippen molar-refractivity contribution >= 4 is 10.9 Å². The summed E-state index contributed by atoms with van der Waals surface area (Å²) < 4.78 is 27.9. The van der Waals surface area contributed by atoms with Gasteiger partial charge in [-0.1, -0.05) is 42.5 Å². The standard InChI is InChI=1S/C23H17FN2O3/c24-18-10-16(13-26-20-9-5-4-8-19(20)21(27)12-25-26)22-17(11-18)14-28-23(29-22)15-6-2-1-3-7-15/h1-12,23H,13-14H2/t23-/m1/s1. The zero-order valence-corrected chi connectivity index (χ0v) is 15.4. The summed E-state index contributed by atoms with van der Waals surface area (Å²) in [7, 11) is 0. The molecule has 0 fully saturated rings. The molecule has 5 nitrogen and oxygen atoms in total. The fraction of sp³-hybridized carbons (Fsp3) is 0.130. The lowest BCUT2D eigenvalue weighted by atomic mass is 10.1. The number of hydrogen-bond donors (Lipinski definition) is 0. The number of para-hydroxylation sites is 1. The molecule has 0 saturated carbocycles. The summed E-state index contributed by atoms with van der Waals surface area (Å²) >= 11 is 0. The van der Waals surface area contributed by atoms with Gasteiger partial charge in [0.15, 0.2) is 0 Å². The van der Waals surface area contributed by atoms with Crippen LogP contribution in [0, 0.1) is 5.82 Å². The minimum Gasteiger partial charge on any atom is -0.460 e. The zero-order valence-electron chi connectivity index (χ0n) is 15.4. The van der Waals surface area contributed by atoms with Crippen molar-refractivity contribution in [3.05, 3.63) is 106 Å². The molecular formula is C23H17FN2O3. The predicted molar refractivity (Wildman–Crippen MR) is 106 cm³/mol. The van der Waals surface area contributed by atoms with Gasteiger partial charge in [0.1, 0.15) is 11.6 Å². The topological polar surface area (TPSA) is 53.4 Å². The highest BCUT2D eigenvalue weighted by molar-refractivity contribution is 5.78. The maximum atomic E-state index is 14.3. The van der Waals surface area contributed by atoms with Crippen molar-refractivity contribution in [1.29, 1.82) is 0 Å². The molecule has 1 aliphatic rings. The lowest BCUT2D eigenvalue weighted by Gasteiger charge is -2.28. The van der Waals surface area contributed by atoms with E-state index in [0.717, 1.165) is 5.56 Å². The van der Waals surface area contributed by atoms with E-state index in [0.29, 0.717) is 27.8 Å². The van der Waals surface area contributed by atoms with Gasteiger partial charge in [-0.3, -0.25) is 9.48 Å². The number of fused-ring (bicyclic) bond motifs is 2. The molecule has 1 aromatic heterocycles. The normalized spacial score (nSPS) is 15.7. The summed E-state index contributed by atoms with van der Waals surface area (Å²) in [6, 6.07) is 19.7. The molecule has 0 amide bonds. The van der Waals surface area contributed by atoms with Crippen LogP contribution >= 0.6 is 0 Å². The van der Waals surface area contributed by atoms with Gasteiger partial charge < -0.3 is 9.47 Å². The summed E-state index contributed by atoms with van der Waals surface area (Å²) in [6.45, 7) is 0.514. The van der Waals surface area contributed by atoms with Crippen LogP contribution in [0.5, 0.6) is 5.75 Å². The van der Waals surface area contributed by atoms with Gasteiger partial charge in [-0.25, -0.2) is 4.39 Å². The zero-order chi connectivity index (χ0) is 19.8. The van der Waals surface area contributed by atoms with Gasteiger partial charge in [-0.15, -0.1) is 0 Å². The van der Waals surface area contributed by atoms with Gasteiger partial charge in [0.25, 0.3) is 0 Å². The minimum atomic E-state index is -0.563. The predicted octanol–water partition coefficient (Wildman–Crippen LogP) is 4.19. The number of aromatic nitrogens is 2. The van der Waals surface area contributed by atoms with E-state index in [1.54, 1.807) is 10.7 Å². The van der Waals surface area contributed by atoms with Crippen LogP contribution in [0.15, 0.2) is 77.7 Å². The quantitative estimate of drug-likeness (QED) is 0.528. The molecule has 0 aliphatic carbocycles. The summed E-state index contributed by atoms with van der Waals surface area (Å²) in [4.78, 5) is 12.1. The van der Waals surface area contributed by atoms with Crippen LogP contribution in [0.1, 0.15) is 23.0 Å². The van der Waals surface area contributed by atoms with Crippen LogP contribution in [0.25, 0.3) is 10.9 Å². The van der Waals surface area contributed by atoms with Crippen LogP contribution in [-0.2, 0) is 17.9 Å². The third-order valence-electron chi connectivity index (χ3n) is 4.98. The van der Waals surface area contributed by atoms with Crippen LogP contribution in [0.3, 0.4) is 0 Å². The first kappa shape index (κ1) is 17.6. The highest BCUT2D eigenvalue weighted by Gasteiger charge is 2.25. The number of rotatable bonds is 3. The molecule has 2 heterocycles. The van der Waals surface area contributed by atoms with Gasteiger partial charge >= 0.3 is 0 Å². The van der Waals surface area contributed by atoms with Crippen LogP contribution in [0.2, 0.25) is 0 Å². The molecule has 0 N–H and O–H groups in total. The lowest BCUT2D eigenvalue weighted by molar-refractivity contribution is -0.112. The Morgan fingerprint density at radius 3 is 2.72 bits per heavy atom. The van der Waals surface area contributed by atoms with Crippen LogP contribution < -0.4 is 10.2 Å². The maximum Gasteiger partial charge on any atom is 0.227 e. The third-order valence-corrected chi connectivity index (χ3v) is 4.98. The molecule has 1 aliphatic heterocycles. The molecule has 144 valence electrons. The Hall–Kier alpha value is -3.51. The molecule has 0 radical (unpaired) electrons. The third kappa shape index (κ3) is 3.28. The Morgan fingerprint density at radius 1 is 1.07 bits per heavy atom. The van der Waals surface area contributed by atoms with Gasteiger partial charge in [0.2, 0.25) is 11.7 Å². The lowest BCUT2D eigenvalue weighted by Crippen LogP contribution is -2.20. The number of nitrogens with zero attached hydrogens (tertiary/aromatic N) is 2. The summed E-state index contributed by atoms with van der Waals surface area (Å²) in [5.41, 5.74) is 2.72. The molecule has 0 unspecified atom stereocenters. The molecule has 29 heavy (non-hydrogen) atoms. The van der Waals surface area contributed by atoms with Gasteiger partial charge in [0, 0.05) is 22.1 Å². The molecule has 1 atom stereocenters. The summed E-state index contributed by atoms with van der Waals surface area (Å²) in [6.07, 6.45) is 0.719. The van der Waals surface area contributed by atoms with Gasteiger partial charge in [-0.2, -0.15) is 5.10 Å². The largest absolute Gasteiger partial charge is 0.460 e. The van der Waals surface area contributed by atoms with Crippen molar-refractivity contribution in [2.45, 2.75) is 19.4 Å². The van der Waals surface area contributed by atoms with E-state index in [4.69, 9.17) is 9.47 Å². The minimum absolute atomic E-state index is 0.146. The van der Waals surface area contributed by atoms with Crippen molar-refractivity contribution in [1.82, 2.24) is 9.78 Å². The molecule has 5 rings (SSSR count). The fourth-order valence-corrected chi connectivity index (χ4v) is 3.62. The Bertz CT molecular complexity index is 1250. The van der Waals surface area contributed by atoms with E-state index in [9.17, 15) is 9.18 Å². The first-order chi connectivity index (χ1) is 14.2. The Morgan fingerprint density at radius 2 is 1.86 bits per heavy atom. The molecule has 4 aromatic rings. The Kier molecular flexibility index (Phi) is 4.33. The number of halogens is 1. The summed E-state index contributed by atoms with van der Waals surface area (Å²) in [5.74, 6) is 0.227. The van der Waals surface area contributed by atoms with Crippen molar-refractivity contribution < 1.29 is 13.9 Å². The maximum absolute atomic E-state index is 14.3. The Balaban J connectivity index is 1.57. The molecule has 6 heteroatoms. The fourth-order valence-electron chi connectivity index (χ4n) is 3.62. The second kappa shape index (κ2) is 7.14. The van der Waals surface area contributed by atoms with E-state index >= 15 is 0 Å². The average Bonchev–Trinajstić information content (AvgIpc) is 2.76. The molecule has 0 saturated heterocycles. The average molecular weight is 388 g/mol. The van der Waals surface area contributed by atoms with Crippen molar-refractivity contribution in [3.8, 4) is 5.75 Å². The number of benzene rings is 3. The van der Waals surface area contributed by atoms with Crippen LogP contribution in [0.4, 0.5) is 4.39 Å². The van der Waals surface area contributed by atoms with E-state index in [1.807, 2.05) is 48.5 Å². The van der Waals surface area contributed by atoms with Crippen molar-refractivity contribution in [2.75, 3.05) is 0 Å². The highest BCUT2D eigenvalue weighted by Crippen LogP contribution is 2.37. The number of ether oxygens (including phenoxy) is 2. The van der Waals surface area contributed by atoms with E-state index in [-0.39, 0.29) is 24.4 Å². The SMILES string of the molecule is O=c1cnn(Cc2cc(F)cc3c2O[C@H](c2ccccc2)OC3)c2ccccc12. The summed E-state index contributed by atoms with van der Waals surface area (Å²) in [5, 5.41) is 4.82. The van der Waals surface area contributed by atoms with Crippen molar-refractivity contribution in [3.63, 3.8) is 0 Å². The number of hydrogen-bond acceptors (Lipinski definition) is 4. The highest BCUT2D eigenvalue weighted by atomic mass is 19.1. The smallest absolute Gasteiger partial charge is 0.227 e. The van der Waals surface area contributed by atoms with E-state index in [1.165, 1.54) is 18.3 Å². The molecule has 3 aromatic carbocycles. The first-order valence-corrected chi connectivity index (χ1v) is 9.28. The van der Waals surface area contributed by atoms with Gasteiger partial charge in [0.05, 0.1) is 24.9 Å². The van der Waals surface area contributed by atoms with Crippen LogP contribution in [-0.4, -0.2) is 9.78 Å². The second-order valence-electron chi connectivity index (χ2n) is 6.91.